The molecule has 0 bridgehead atoms. The largest absolute Gasteiger partial charge is 0.496 e. The van der Waals surface area contributed by atoms with Crippen molar-refractivity contribution in [3.63, 3.8) is 0 Å². The summed E-state index contributed by atoms with van der Waals surface area (Å²) in [5.74, 6) is 2.16. The molecule has 0 radical (unpaired) electrons. The van der Waals surface area contributed by atoms with E-state index in [-0.39, 0.29) is 0 Å². The van der Waals surface area contributed by atoms with Crippen LogP contribution in [-0.4, -0.2) is 39.0 Å². The van der Waals surface area contributed by atoms with Crippen LogP contribution in [0.4, 0.5) is 0 Å². The third kappa shape index (κ3) is 3.14. The third-order valence-corrected chi connectivity index (χ3v) is 4.08. The van der Waals surface area contributed by atoms with E-state index in [0.717, 1.165) is 16.5 Å². The molecule has 20 heavy (non-hydrogen) atoms. The molecule has 1 heterocycles. The van der Waals surface area contributed by atoms with Crippen LogP contribution in [-0.2, 0) is 12.8 Å². The number of ether oxygens (including phenoxy) is 1. The van der Waals surface area contributed by atoms with E-state index in [9.17, 15) is 10.0 Å². The first-order valence-electron chi connectivity index (χ1n) is 6.04. The zero-order chi connectivity index (χ0) is 14.7. The van der Waals surface area contributed by atoms with Crippen molar-refractivity contribution in [2.75, 3.05) is 7.11 Å². The molecule has 2 aromatic rings. The Kier molecular flexibility index (Phi) is 4.69. The van der Waals surface area contributed by atoms with Gasteiger partial charge in [-0.2, -0.15) is 0 Å². The molecule has 0 fully saturated rings. The number of methoxy groups -OCH3 is 1. The molecule has 0 unspecified atom stereocenters. The van der Waals surface area contributed by atoms with Crippen LogP contribution in [0.3, 0.4) is 0 Å². The van der Waals surface area contributed by atoms with E-state index in [1.165, 1.54) is 11.8 Å². The molecule has 0 amide bonds. The Balaban J connectivity index is 2.19. The summed E-state index contributed by atoms with van der Waals surface area (Å²) in [7, 11) is 2.01. The van der Waals surface area contributed by atoms with Crippen molar-refractivity contribution >= 4 is 24.3 Å². The topological polar surface area (TPSA) is 80.4 Å². The number of aryl methyl sites for hydroxylation is 1. The molecule has 0 aliphatic carbocycles. The van der Waals surface area contributed by atoms with E-state index in [2.05, 4.69) is 10.2 Å². The van der Waals surface area contributed by atoms with E-state index >= 15 is 0 Å². The molecular weight excluding hydrogens is 277 g/mol. The van der Waals surface area contributed by atoms with Crippen LogP contribution in [0.1, 0.15) is 11.4 Å². The average molecular weight is 293 g/mol. The van der Waals surface area contributed by atoms with Gasteiger partial charge in [-0.3, -0.25) is 0 Å². The number of hydrogen-bond donors (Lipinski definition) is 2. The van der Waals surface area contributed by atoms with Crippen molar-refractivity contribution in [3.05, 3.63) is 29.6 Å². The van der Waals surface area contributed by atoms with Gasteiger partial charge in [-0.05, 0) is 18.5 Å². The van der Waals surface area contributed by atoms with Gasteiger partial charge in [-0.15, -0.1) is 10.2 Å². The summed E-state index contributed by atoms with van der Waals surface area (Å²) in [5.41, 5.74) is 1.32. The van der Waals surface area contributed by atoms with Gasteiger partial charge in [0.1, 0.15) is 11.6 Å². The first-order chi connectivity index (χ1) is 9.52. The Morgan fingerprint density at radius 3 is 2.65 bits per heavy atom. The van der Waals surface area contributed by atoms with E-state index < -0.39 is 7.12 Å². The third-order valence-electron chi connectivity index (χ3n) is 3.01. The molecule has 8 heteroatoms. The summed E-state index contributed by atoms with van der Waals surface area (Å²) >= 11 is 1.52. The van der Waals surface area contributed by atoms with Crippen LogP contribution in [0, 0.1) is 6.92 Å². The second-order valence-electron chi connectivity index (χ2n) is 4.32. The van der Waals surface area contributed by atoms with Crippen LogP contribution in [0.25, 0.3) is 0 Å². The number of rotatable bonds is 5. The lowest BCUT2D eigenvalue weighted by atomic mass is 9.79. The Morgan fingerprint density at radius 1 is 1.35 bits per heavy atom. The van der Waals surface area contributed by atoms with Crippen LogP contribution >= 0.6 is 11.8 Å². The molecule has 6 nitrogen and oxygen atoms in total. The van der Waals surface area contributed by atoms with Gasteiger partial charge in [0.05, 0.1) is 7.11 Å². The quantitative estimate of drug-likeness (QED) is 0.601. The molecule has 0 atom stereocenters. The maximum atomic E-state index is 9.23. The number of hydrogen-bond acceptors (Lipinski definition) is 6. The Hall–Kier alpha value is -1.51. The Labute approximate surface area is 121 Å². The first-order valence-corrected chi connectivity index (χ1v) is 7.03. The van der Waals surface area contributed by atoms with Gasteiger partial charge in [0.2, 0.25) is 0 Å². The van der Waals surface area contributed by atoms with Gasteiger partial charge >= 0.3 is 7.12 Å². The fourth-order valence-corrected chi connectivity index (χ4v) is 2.66. The maximum Gasteiger partial charge on any atom is 0.488 e. The van der Waals surface area contributed by atoms with Crippen LogP contribution in [0.5, 0.6) is 5.75 Å². The summed E-state index contributed by atoms with van der Waals surface area (Å²) in [4.78, 5) is 0. The monoisotopic (exact) mass is 293 g/mol. The van der Waals surface area contributed by atoms with Gasteiger partial charge in [-0.25, -0.2) is 0 Å². The van der Waals surface area contributed by atoms with Gasteiger partial charge < -0.3 is 19.4 Å². The highest BCUT2D eigenvalue weighted by Crippen LogP contribution is 2.26. The van der Waals surface area contributed by atoms with Crippen molar-refractivity contribution in [2.45, 2.75) is 17.8 Å². The highest BCUT2D eigenvalue weighted by molar-refractivity contribution is 7.98. The van der Waals surface area contributed by atoms with Gasteiger partial charge in [0, 0.05) is 18.4 Å². The number of thioether (sulfide) groups is 1. The van der Waals surface area contributed by atoms with Crippen molar-refractivity contribution in [1.29, 1.82) is 0 Å². The zero-order valence-electron chi connectivity index (χ0n) is 11.6. The normalized spacial score (nSPS) is 10.7. The molecule has 106 valence electrons. The van der Waals surface area contributed by atoms with E-state index in [0.29, 0.717) is 17.0 Å². The average Bonchev–Trinajstić information content (AvgIpc) is 2.76. The summed E-state index contributed by atoms with van der Waals surface area (Å²) in [6, 6.07) is 5.08. The van der Waals surface area contributed by atoms with Crippen LogP contribution in [0.2, 0.25) is 0 Å². The van der Waals surface area contributed by atoms with Crippen LogP contribution < -0.4 is 10.2 Å². The van der Waals surface area contributed by atoms with Crippen molar-refractivity contribution in [2.24, 2.45) is 7.05 Å². The summed E-state index contributed by atoms with van der Waals surface area (Å²) in [6.45, 7) is 1.89. The van der Waals surface area contributed by atoms with E-state index in [1.54, 1.807) is 25.3 Å². The second-order valence-corrected chi connectivity index (χ2v) is 5.26. The predicted octanol–water partition coefficient (Wildman–Crippen LogP) is 0.104. The number of nitrogens with zero attached hydrogens (tertiary/aromatic N) is 3. The fourth-order valence-electron chi connectivity index (χ4n) is 1.73. The summed E-state index contributed by atoms with van der Waals surface area (Å²) < 4.78 is 7.19. The summed E-state index contributed by atoms with van der Waals surface area (Å²) in [6.07, 6.45) is 0. The summed E-state index contributed by atoms with van der Waals surface area (Å²) in [5, 5.41) is 27.3. The molecular formula is C12H16BN3O3S. The minimum Gasteiger partial charge on any atom is -0.496 e. The second kappa shape index (κ2) is 6.30. The molecule has 0 saturated heterocycles. The molecule has 2 N–H and O–H groups in total. The molecule has 0 aliphatic rings. The predicted molar refractivity (Wildman–Crippen MR) is 78.1 cm³/mol. The van der Waals surface area contributed by atoms with Gasteiger partial charge in [0.15, 0.2) is 5.16 Å². The molecule has 1 aromatic heterocycles. The lowest BCUT2D eigenvalue weighted by Crippen LogP contribution is -2.30. The zero-order valence-corrected chi connectivity index (χ0v) is 12.4. The lowest BCUT2D eigenvalue weighted by Gasteiger charge is -2.10. The molecule has 0 saturated carbocycles. The van der Waals surface area contributed by atoms with Gasteiger partial charge in [0.25, 0.3) is 0 Å². The lowest BCUT2D eigenvalue weighted by molar-refractivity contribution is 0.410. The SMILES string of the molecule is COc1ccc(B(O)O)cc1CSc1nnc(C)n1C. The minimum absolute atomic E-state index is 0.440. The van der Waals surface area contributed by atoms with Gasteiger partial charge in [-0.1, -0.05) is 23.9 Å². The van der Waals surface area contributed by atoms with Crippen molar-refractivity contribution in [3.8, 4) is 5.75 Å². The highest BCUT2D eigenvalue weighted by atomic mass is 32.2. The van der Waals surface area contributed by atoms with Crippen LogP contribution in [0.15, 0.2) is 23.4 Å². The maximum absolute atomic E-state index is 9.23. The molecule has 1 aromatic carbocycles. The standard InChI is InChI=1S/C12H16BN3O3S/c1-8-14-15-12(16(8)2)20-7-9-6-10(13(17)18)4-5-11(9)19-3/h4-6,17-18H,7H2,1-3H3. The fraction of sp³-hybridized carbons (Fsp3) is 0.333. The molecule has 2 rings (SSSR count). The molecule has 0 spiro atoms. The Bertz CT molecular complexity index is 604. The van der Waals surface area contributed by atoms with Crippen molar-refractivity contribution < 1.29 is 14.8 Å². The van der Waals surface area contributed by atoms with E-state index in [4.69, 9.17) is 4.74 Å². The number of benzene rings is 1. The smallest absolute Gasteiger partial charge is 0.488 e. The highest BCUT2D eigenvalue weighted by Gasteiger charge is 2.15. The number of aromatic nitrogens is 3. The van der Waals surface area contributed by atoms with Crippen molar-refractivity contribution in [1.82, 2.24) is 14.8 Å². The minimum atomic E-state index is -1.48. The molecule has 0 aliphatic heterocycles. The Morgan fingerprint density at radius 2 is 2.10 bits per heavy atom. The first kappa shape index (κ1) is 14.9. The van der Waals surface area contributed by atoms with E-state index in [1.807, 2.05) is 18.5 Å².